The number of rotatable bonds is 36. The zero-order valence-corrected chi connectivity index (χ0v) is 30.4. The predicted molar refractivity (Wildman–Crippen MR) is 196 cm³/mol. The maximum Gasteiger partial charge on any atom is 0.0701 e. The monoisotopic (exact) mass is 604 g/mol. The lowest BCUT2D eigenvalue weighted by atomic mass is 10.0. The van der Waals surface area contributed by atoms with Crippen LogP contribution in [0.15, 0.2) is 24.3 Å². The van der Waals surface area contributed by atoms with Gasteiger partial charge in [-0.3, -0.25) is 0 Å². The molecule has 2 nitrogen and oxygen atoms in total. The van der Waals surface area contributed by atoms with Gasteiger partial charge in [-0.25, -0.2) is 0 Å². The molecular weight excluding hydrogens is 522 g/mol. The second-order valence-corrected chi connectivity index (χ2v) is 13.8. The van der Waals surface area contributed by atoms with Crippen LogP contribution in [0.4, 0.5) is 0 Å². The smallest absolute Gasteiger partial charge is 0.0701 e. The topological polar surface area (TPSA) is 12.5 Å². The van der Waals surface area contributed by atoms with E-state index in [1.165, 1.54) is 193 Å². The summed E-state index contributed by atoms with van der Waals surface area (Å²) in [5.74, 6) is 0. The molecule has 1 atom stereocenters. The molecular formula is C41H81NO. The Balaban J connectivity index is 3.53. The van der Waals surface area contributed by atoms with Crippen molar-refractivity contribution in [1.82, 2.24) is 4.90 Å². The van der Waals surface area contributed by atoms with E-state index in [-0.39, 0.29) is 0 Å². The zero-order chi connectivity index (χ0) is 31.3. The van der Waals surface area contributed by atoms with E-state index in [1.54, 1.807) is 0 Å². The third-order valence-electron chi connectivity index (χ3n) is 8.87. The molecule has 0 aromatic rings. The highest BCUT2D eigenvalue weighted by Gasteiger charge is 2.10. The number of nitrogens with zero attached hydrogens (tertiary/aromatic N) is 1. The second kappa shape index (κ2) is 37.6. The van der Waals surface area contributed by atoms with Gasteiger partial charge < -0.3 is 9.64 Å². The van der Waals surface area contributed by atoms with Gasteiger partial charge in [0.2, 0.25) is 0 Å². The number of ether oxygens (including phenoxy) is 1. The predicted octanol–water partition coefficient (Wildman–Crippen LogP) is 13.8. The first-order valence-electron chi connectivity index (χ1n) is 19.8. The summed E-state index contributed by atoms with van der Waals surface area (Å²) in [5.41, 5.74) is 0. The van der Waals surface area contributed by atoms with Crippen molar-refractivity contribution < 1.29 is 4.74 Å². The average molecular weight is 604 g/mol. The Morgan fingerprint density at radius 3 is 1.12 bits per heavy atom. The number of unbranched alkanes of at least 4 members (excludes halogenated alkanes) is 25. The van der Waals surface area contributed by atoms with E-state index < -0.39 is 0 Å². The lowest BCUT2D eigenvalue weighted by Gasteiger charge is -2.21. The highest BCUT2D eigenvalue weighted by Crippen LogP contribution is 2.15. The van der Waals surface area contributed by atoms with Gasteiger partial charge in [0.25, 0.3) is 0 Å². The van der Waals surface area contributed by atoms with E-state index >= 15 is 0 Å². The molecule has 0 spiro atoms. The fourth-order valence-electron chi connectivity index (χ4n) is 6.03. The van der Waals surface area contributed by atoms with E-state index in [0.29, 0.717) is 6.10 Å². The Morgan fingerprint density at radius 1 is 0.419 bits per heavy atom. The van der Waals surface area contributed by atoms with Crippen LogP contribution in [0.5, 0.6) is 0 Å². The van der Waals surface area contributed by atoms with Crippen LogP contribution in [0, 0.1) is 0 Å². The molecule has 0 radical (unpaired) electrons. The van der Waals surface area contributed by atoms with Crippen LogP contribution >= 0.6 is 0 Å². The quantitative estimate of drug-likeness (QED) is 0.0521. The highest BCUT2D eigenvalue weighted by atomic mass is 16.5. The summed E-state index contributed by atoms with van der Waals surface area (Å²) in [6.07, 6.45) is 51.2. The summed E-state index contributed by atoms with van der Waals surface area (Å²) in [6, 6.07) is 0. The molecule has 256 valence electrons. The molecule has 0 aliphatic carbocycles. The van der Waals surface area contributed by atoms with Gasteiger partial charge in [0.15, 0.2) is 0 Å². The van der Waals surface area contributed by atoms with Gasteiger partial charge in [0.05, 0.1) is 6.10 Å². The van der Waals surface area contributed by atoms with Crippen molar-refractivity contribution >= 4 is 0 Å². The van der Waals surface area contributed by atoms with Gasteiger partial charge in [0, 0.05) is 13.2 Å². The van der Waals surface area contributed by atoms with Crippen molar-refractivity contribution in [3.63, 3.8) is 0 Å². The zero-order valence-electron chi connectivity index (χ0n) is 30.4. The van der Waals surface area contributed by atoms with Crippen LogP contribution in [-0.4, -0.2) is 38.3 Å². The van der Waals surface area contributed by atoms with Crippen molar-refractivity contribution in [3.8, 4) is 0 Å². The van der Waals surface area contributed by atoms with Crippen molar-refractivity contribution in [2.75, 3.05) is 27.2 Å². The minimum absolute atomic E-state index is 0.418. The van der Waals surface area contributed by atoms with Gasteiger partial charge in [0.1, 0.15) is 0 Å². The Kier molecular flexibility index (Phi) is 37.1. The standard InChI is InChI=1S/C41H81NO/c1-5-7-9-11-13-15-17-19-21-23-24-26-28-30-32-34-36-38-41(40-42(3)4)43-39-37-35-33-31-29-27-25-22-20-18-16-14-12-10-8-6-2/h19-22,41H,5-18,23-40H2,1-4H3/b21-19+,22-20?. The summed E-state index contributed by atoms with van der Waals surface area (Å²) in [5, 5.41) is 0. The van der Waals surface area contributed by atoms with E-state index in [2.05, 4.69) is 57.1 Å². The van der Waals surface area contributed by atoms with Crippen LogP contribution in [0.1, 0.15) is 206 Å². The molecule has 0 bridgehead atoms. The minimum Gasteiger partial charge on any atom is -0.377 e. The van der Waals surface area contributed by atoms with E-state index in [1.807, 2.05) is 0 Å². The molecule has 0 saturated heterocycles. The number of hydrogen-bond donors (Lipinski definition) is 0. The molecule has 0 aromatic carbocycles. The number of likely N-dealkylation sites (N-methyl/N-ethyl adjacent to an activating group) is 1. The first-order valence-corrected chi connectivity index (χ1v) is 19.8. The first-order chi connectivity index (χ1) is 21.2. The van der Waals surface area contributed by atoms with Gasteiger partial charge in [-0.15, -0.1) is 0 Å². The molecule has 0 aliphatic rings. The third kappa shape index (κ3) is 37.5. The normalized spacial score (nSPS) is 12.9. The molecule has 0 aliphatic heterocycles. The maximum absolute atomic E-state index is 6.34. The lowest BCUT2D eigenvalue weighted by Crippen LogP contribution is -2.28. The minimum atomic E-state index is 0.418. The van der Waals surface area contributed by atoms with Gasteiger partial charge in [-0.1, -0.05) is 167 Å². The SMILES string of the molecule is CCCCCCCCC=CCCCCCCCCOC(CCCCCCCCC/C=C/CCCCCCCC)CN(C)C. The maximum atomic E-state index is 6.34. The van der Waals surface area contributed by atoms with Crippen molar-refractivity contribution in [3.05, 3.63) is 24.3 Å². The Morgan fingerprint density at radius 2 is 0.744 bits per heavy atom. The van der Waals surface area contributed by atoms with E-state index in [4.69, 9.17) is 4.74 Å². The molecule has 0 N–H and O–H groups in total. The van der Waals surface area contributed by atoms with Crippen molar-refractivity contribution in [1.29, 1.82) is 0 Å². The molecule has 1 unspecified atom stereocenters. The molecule has 0 heterocycles. The van der Waals surface area contributed by atoms with Crippen LogP contribution in [0.3, 0.4) is 0 Å². The van der Waals surface area contributed by atoms with Crippen LogP contribution in [-0.2, 0) is 4.74 Å². The second-order valence-electron chi connectivity index (χ2n) is 13.8. The summed E-state index contributed by atoms with van der Waals surface area (Å²) >= 11 is 0. The Hall–Kier alpha value is -0.600. The van der Waals surface area contributed by atoms with E-state index in [9.17, 15) is 0 Å². The highest BCUT2D eigenvalue weighted by molar-refractivity contribution is 4.82. The molecule has 0 fully saturated rings. The summed E-state index contributed by atoms with van der Waals surface area (Å²) in [6.45, 7) is 6.61. The Labute approximate surface area is 273 Å². The van der Waals surface area contributed by atoms with Gasteiger partial charge in [-0.05, 0) is 78.3 Å². The van der Waals surface area contributed by atoms with Crippen LogP contribution in [0.2, 0.25) is 0 Å². The van der Waals surface area contributed by atoms with Gasteiger partial charge in [-0.2, -0.15) is 0 Å². The van der Waals surface area contributed by atoms with Gasteiger partial charge >= 0.3 is 0 Å². The summed E-state index contributed by atoms with van der Waals surface area (Å²) < 4.78 is 6.34. The number of hydrogen-bond acceptors (Lipinski definition) is 2. The summed E-state index contributed by atoms with van der Waals surface area (Å²) in [4.78, 5) is 2.30. The molecule has 0 aromatic heterocycles. The molecule has 0 rings (SSSR count). The third-order valence-corrected chi connectivity index (χ3v) is 8.87. The average Bonchev–Trinajstić information content (AvgIpc) is 2.99. The fourth-order valence-corrected chi connectivity index (χ4v) is 6.03. The Bertz CT molecular complexity index is 510. The molecule has 0 saturated carbocycles. The summed E-state index contributed by atoms with van der Waals surface area (Å²) in [7, 11) is 4.37. The first kappa shape index (κ1) is 42.4. The van der Waals surface area contributed by atoms with Crippen LogP contribution < -0.4 is 0 Å². The number of allylic oxidation sites excluding steroid dienone is 4. The van der Waals surface area contributed by atoms with Crippen molar-refractivity contribution in [2.24, 2.45) is 0 Å². The molecule has 43 heavy (non-hydrogen) atoms. The lowest BCUT2D eigenvalue weighted by molar-refractivity contribution is 0.0266. The van der Waals surface area contributed by atoms with E-state index in [0.717, 1.165) is 13.2 Å². The van der Waals surface area contributed by atoms with Crippen molar-refractivity contribution in [2.45, 2.75) is 213 Å². The molecule has 0 amide bonds. The molecule has 2 heteroatoms. The largest absolute Gasteiger partial charge is 0.377 e. The van der Waals surface area contributed by atoms with Crippen LogP contribution in [0.25, 0.3) is 0 Å². The fraction of sp³-hybridized carbons (Fsp3) is 0.902.